The van der Waals surface area contributed by atoms with Crippen molar-refractivity contribution in [3.63, 3.8) is 0 Å². The third-order valence-corrected chi connectivity index (χ3v) is 4.71. The molecule has 16 heavy (non-hydrogen) atoms. The lowest BCUT2D eigenvalue weighted by Gasteiger charge is -2.30. The first-order valence-electron chi connectivity index (χ1n) is 6.00. The van der Waals surface area contributed by atoms with E-state index in [4.69, 9.17) is 0 Å². The van der Waals surface area contributed by atoms with Gasteiger partial charge in [0, 0.05) is 18.2 Å². The number of hydrogen-bond acceptors (Lipinski definition) is 2. The summed E-state index contributed by atoms with van der Waals surface area (Å²) < 4.78 is 0. The number of nitrogens with zero attached hydrogens (tertiary/aromatic N) is 1. The molecule has 1 heterocycles. The zero-order valence-electron chi connectivity index (χ0n) is 10.3. The minimum Gasteiger partial charge on any atom is -0.272 e. The van der Waals surface area contributed by atoms with Crippen molar-refractivity contribution in [1.29, 1.82) is 0 Å². The Labute approximate surface area is 96.5 Å². The van der Waals surface area contributed by atoms with E-state index >= 15 is 0 Å². The number of amides is 2. The lowest BCUT2D eigenvalue weighted by Crippen LogP contribution is -2.45. The number of imide groups is 1. The Morgan fingerprint density at radius 3 is 1.56 bits per heavy atom. The highest BCUT2D eigenvalue weighted by atomic mass is 16.2. The first-order chi connectivity index (χ1) is 7.45. The van der Waals surface area contributed by atoms with Gasteiger partial charge in [-0.05, 0) is 23.7 Å². The lowest BCUT2D eigenvalue weighted by atomic mass is 9.92. The van der Waals surface area contributed by atoms with E-state index in [2.05, 4.69) is 27.7 Å². The lowest BCUT2D eigenvalue weighted by molar-refractivity contribution is -0.141. The van der Waals surface area contributed by atoms with Gasteiger partial charge in [0.15, 0.2) is 0 Å². The normalized spacial score (nSPS) is 43.5. The van der Waals surface area contributed by atoms with Gasteiger partial charge in [-0.3, -0.25) is 14.5 Å². The number of carbonyl (C=O) groups is 2. The molecule has 0 aromatic rings. The molecule has 0 saturated heterocycles. The van der Waals surface area contributed by atoms with Gasteiger partial charge in [0.25, 0.3) is 11.8 Å². The Kier molecular flexibility index (Phi) is 2.64. The minimum absolute atomic E-state index is 0.0694. The average molecular weight is 221 g/mol. The van der Waals surface area contributed by atoms with Crippen LogP contribution in [0.4, 0.5) is 0 Å². The van der Waals surface area contributed by atoms with Gasteiger partial charge in [0.1, 0.15) is 0 Å². The molecule has 1 fully saturated rings. The van der Waals surface area contributed by atoms with Crippen LogP contribution in [0.15, 0.2) is 12.2 Å². The third kappa shape index (κ3) is 1.41. The molecule has 0 radical (unpaired) electrons. The summed E-state index contributed by atoms with van der Waals surface area (Å²) in [5.41, 5.74) is 0. The molecule has 88 valence electrons. The van der Waals surface area contributed by atoms with Crippen LogP contribution in [0.1, 0.15) is 27.7 Å². The van der Waals surface area contributed by atoms with Gasteiger partial charge in [0.2, 0.25) is 0 Å². The van der Waals surface area contributed by atoms with E-state index in [0.29, 0.717) is 23.7 Å². The zero-order valence-corrected chi connectivity index (χ0v) is 10.3. The van der Waals surface area contributed by atoms with Gasteiger partial charge in [0.05, 0.1) is 0 Å². The maximum atomic E-state index is 11.7. The largest absolute Gasteiger partial charge is 0.272 e. The van der Waals surface area contributed by atoms with E-state index in [-0.39, 0.29) is 17.9 Å². The molecule has 2 aliphatic rings. The molecular formula is C13H19NO2. The van der Waals surface area contributed by atoms with Crippen LogP contribution in [0.3, 0.4) is 0 Å². The molecule has 0 aromatic carbocycles. The zero-order chi connectivity index (χ0) is 12.0. The molecule has 0 N–H and O–H groups in total. The molecule has 0 aromatic heterocycles. The summed E-state index contributed by atoms with van der Waals surface area (Å²) in [5.74, 6) is 1.60. The number of hydrogen-bond donors (Lipinski definition) is 0. The van der Waals surface area contributed by atoms with E-state index in [1.165, 1.54) is 17.1 Å². The highest BCUT2D eigenvalue weighted by Gasteiger charge is 2.47. The third-order valence-electron chi connectivity index (χ3n) is 4.71. The Hall–Kier alpha value is -1.12. The van der Waals surface area contributed by atoms with E-state index in [1.807, 2.05) is 0 Å². The molecule has 1 aliphatic heterocycles. The van der Waals surface area contributed by atoms with Crippen molar-refractivity contribution >= 4 is 11.8 Å². The Morgan fingerprint density at radius 2 is 1.19 bits per heavy atom. The van der Waals surface area contributed by atoms with Crippen LogP contribution in [0.25, 0.3) is 0 Å². The quantitative estimate of drug-likeness (QED) is 0.634. The van der Waals surface area contributed by atoms with E-state index < -0.39 is 0 Å². The van der Waals surface area contributed by atoms with Crippen LogP contribution in [-0.2, 0) is 9.59 Å². The molecule has 1 saturated carbocycles. The maximum Gasteiger partial charge on any atom is 0.253 e. The van der Waals surface area contributed by atoms with Crippen LogP contribution in [-0.4, -0.2) is 22.8 Å². The molecule has 2 amide bonds. The molecule has 0 spiro atoms. The first-order valence-corrected chi connectivity index (χ1v) is 6.00. The summed E-state index contributed by atoms with van der Waals surface area (Å²) >= 11 is 0. The fourth-order valence-electron chi connectivity index (χ4n) is 3.23. The van der Waals surface area contributed by atoms with Crippen LogP contribution in [0, 0.1) is 23.7 Å². The van der Waals surface area contributed by atoms with E-state index in [0.717, 1.165) is 0 Å². The number of rotatable bonds is 1. The molecule has 0 bridgehead atoms. The monoisotopic (exact) mass is 221 g/mol. The van der Waals surface area contributed by atoms with Crippen molar-refractivity contribution < 1.29 is 9.59 Å². The van der Waals surface area contributed by atoms with E-state index in [1.54, 1.807) is 0 Å². The molecule has 3 heteroatoms. The van der Waals surface area contributed by atoms with Crippen molar-refractivity contribution in [3.05, 3.63) is 12.2 Å². The van der Waals surface area contributed by atoms with Gasteiger partial charge in [-0.25, -0.2) is 0 Å². The van der Waals surface area contributed by atoms with Gasteiger partial charge < -0.3 is 0 Å². The van der Waals surface area contributed by atoms with Crippen LogP contribution in [0.5, 0.6) is 0 Å². The average Bonchev–Trinajstić information content (AvgIpc) is 2.65. The summed E-state index contributed by atoms with van der Waals surface area (Å²) in [6, 6.07) is 0.0694. The number of carbonyl (C=O) groups excluding carboxylic acids is 2. The molecule has 5 atom stereocenters. The SMILES string of the molecule is C[C@@H]1[C@@H](C)[C@@H](C)C(N2C(=O)C=CC2=O)[C@H]1C. The summed E-state index contributed by atoms with van der Waals surface area (Å²) in [4.78, 5) is 24.8. The fraction of sp³-hybridized carbons (Fsp3) is 0.692. The van der Waals surface area contributed by atoms with Gasteiger partial charge in [-0.2, -0.15) is 0 Å². The molecule has 1 unspecified atom stereocenters. The van der Waals surface area contributed by atoms with Crippen molar-refractivity contribution in [1.82, 2.24) is 4.90 Å². The topological polar surface area (TPSA) is 37.4 Å². The standard InChI is InChI=1S/C13H19NO2/c1-7-8(2)10(4)13(9(7)3)14-11(15)5-6-12(14)16/h5-10,13H,1-4H3/t7-,8-,9-,10+,13?/m1/s1. The van der Waals surface area contributed by atoms with Crippen molar-refractivity contribution in [2.24, 2.45) is 23.7 Å². The van der Waals surface area contributed by atoms with Crippen molar-refractivity contribution in [3.8, 4) is 0 Å². The summed E-state index contributed by atoms with van der Waals surface area (Å²) in [6.07, 6.45) is 2.77. The second-order valence-electron chi connectivity index (χ2n) is 5.31. The van der Waals surface area contributed by atoms with Gasteiger partial charge in [-0.15, -0.1) is 0 Å². The maximum absolute atomic E-state index is 11.7. The van der Waals surface area contributed by atoms with Gasteiger partial charge >= 0.3 is 0 Å². The highest BCUT2D eigenvalue weighted by Crippen LogP contribution is 2.44. The fourth-order valence-corrected chi connectivity index (χ4v) is 3.23. The van der Waals surface area contributed by atoms with E-state index in [9.17, 15) is 9.59 Å². The smallest absolute Gasteiger partial charge is 0.253 e. The summed E-state index contributed by atoms with van der Waals surface area (Å²) in [7, 11) is 0. The predicted octanol–water partition coefficient (Wildman–Crippen LogP) is 1.84. The highest BCUT2D eigenvalue weighted by molar-refractivity contribution is 6.13. The molecule has 3 nitrogen and oxygen atoms in total. The molecule has 1 aliphatic carbocycles. The van der Waals surface area contributed by atoms with Crippen molar-refractivity contribution in [2.75, 3.05) is 0 Å². The Morgan fingerprint density at radius 1 is 0.812 bits per heavy atom. The second kappa shape index (κ2) is 3.72. The first kappa shape index (κ1) is 11.4. The predicted molar refractivity (Wildman–Crippen MR) is 61.4 cm³/mol. The van der Waals surface area contributed by atoms with Crippen LogP contribution in [0.2, 0.25) is 0 Å². The Bertz CT molecular complexity index is 329. The molecular weight excluding hydrogens is 202 g/mol. The second-order valence-corrected chi connectivity index (χ2v) is 5.31. The Balaban J connectivity index is 2.28. The van der Waals surface area contributed by atoms with Crippen LogP contribution >= 0.6 is 0 Å². The van der Waals surface area contributed by atoms with Crippen molar-refractivity contribution in [2.45, 2.75) is 33.7 Å². The summed E-state index contributed by atoms with van der Waals surface area (Å²) in [5, 5.41) is 0. The van der Waals surface area contributed by atoms with Crippen LogP contribution < -0.4 is 0 Å². The minimum atomic E-state index is -0.144. The molecule has 2 rings (SSSR count). The summed E-state index contributed by atoms with van der Waals surface area (Å²) in [6.45, 7) is 8.72. The van der Waals surface area contributed by atoms with Gasteiger partial charge in [-0.1, -0.05) is 27.7 Å².